The molecule has 3 heterocycles. The average Bonchev–Trinajstić information content (AvgIpc) is 3.09. The fraction of sp³-hybridized carbons (Fsp3) is 0.850. The lowest BCUT2D eigenvalue weighted by atomic mass is 9.87. The van der Waals surface area contributed by atoms with Gasteiger partial charge in [0, 0.05) is 45.1 Å². The number of likely N-dealkylation sites (tertiary alicyclic amines) is 1. The molecule has 1 aromatic rings. The van der Waals surface area contributed by atoms with E-state index in [4.69, 9.17) is 4.74 Å². The van der Waals surface area contributed by atoms with Crippen LogP contribution in [0.1, 0.15) is 62.5 Å². The fourth-order valence-electron chi connectivity index (χ4n) is 4.82. The number of ether oxygens (including phenoxy) is 1. The molecule has 1 amide bonds. The van der Waals surface area contributed by atoms with Gasteiger partial charge in [-0.2, -0.15) is 0 Å². The van der Waals surface area contributed by atoms with E-state index < -0.39 is 0 Å². The van der Waals surface area contributed by atoms with E-state index in [1.54, 1.807) is 0 Å². The number of piperidine rings is 1. The lowest BCUT2D eigenvalue weighted by molar-refractivity contribution is -0.137. The standard InChI is InChI=1S/C20H33N5O2/c1-23-18(15-24-10-12-27-13-11-24)21-22-19(23)17-8-5-9-25(14-17)20(26)16-6-3-2-4-7-16/h16-17H,2-15H2,1H3/t17-/m1/s1. The Morgan fingerprint density at radius 2 is 1.81 bits per heavy atom. The molecule has 2 saturated heterocycles. The summed E-state index contributed by atoms with van der Waals surface area (Å²) in [5, 5.41) is 9.00. The number of morpholine rings is 1. The van der Waals surface area contributed by atoms with Crippen LogP contribution >= 0.6 is 0 Å². The fourth-order valence-corrected chi connectivity index (χ4v) is 4.82. The van der Waals surface area contributed by atoms with Gasteiger partial charge in [-0.15, -0.1) is 10.2 Å². The van der Waals surface area contributed by atoms with Crippen LogP contribution in [-0.4, -0.2) is 69.9 Å². The van der Waals surface area contributed by atoms with Crippen molar-refractivity contribution in [3.05, 3.63) is 11.6 Å². The zero-order valence-electron chi connectivity index (χ0n) is 16.6. The van der Waals surface area contributed by atoms with Crippen molar-refractivity contribution in [1.82, 2.24) is 24.6 Å². The Morgan fingerprint density at radius 3 is 2.59 bits per heavy atom. The predicted octanol–water partition coefficient (Wildman–Crippen LogP) is 1.93. The van der Waals surface area contributed by atoms with Crippen molar-refractivity contribution in [2.75, 3.05) is 39.4 Å². The van der Waals surface area contributed by atoms with Crippen molar-refractivity contribution in [3.8, 4) is 0 Å². The Bertz CT molecular complexity index is 634. The first-order valence-electron chi connectivity index (χ1n) is 10.7. The first-order chi connectivity index (χ1) is 13.2. The van der Waals surface area contributed by atoms with Crippen molar-refractivity contribution in [2.24, 2.45) is 13.0 Å². The minimum atomic E-state index is 0.258. The van der Waals surface area contributed by atoms with E-state index in [-0.39, 0.29) is 5.92 Å². The molecule has 7 heteroatoms. The Morgan fingerprint density at radius 1 is 1.04 bits per heavy atom. The number of hydrogen-bond donors (Lipinski definition) is 0. The van der Waals surface area contributed by atoms with Gasteiger partial charge in [0.15, 0.2) is 0 Å². The Hall–Kier alpha value is -1.47. The summed E-state index contributed by atoms with van der Waals surface area (Å²) in [6.07, 6.45) is 8.02. The molecule has 0 unspecified atom stereocenters. The normalized spacial score (nSPS) is 25.7. The summed E-state index contributed by atoms with van der Waals surface area (Å²) in [6, 6.07) is 0. The van der Waals surface area contributed by atoms with E-state index in [1.165, 1.54) is 19.3 Å². The zero-order chi connectivity index (χ0) is 18.6. The van der Waals surface area contributed by atoms with Crippen molar-refractivity contribution in [3.63, 3.8) is 0 Å². The molecule has 3 aliphatic rings. The van der Waals surface area contributed by atoms with Crippen LogP contribution in [0.15, 0.2) is 0 Å². The highest BCUT2D eigenvalue weighted by Gasteiger charge is 2.32. The maximum atomic E-state index is 12.9. The highest BCUT2D eigenvalue weighted by molar-refractivity contribution is 5.79. The average molecular weight is 376 g/mol. The van der Waals surface area contributed by atoms with Gasteiger partial charge in [0.2, 0.25) is 5.91 Å². The van der Waals surface area contributed by atoms with Crippen molar-refractivity contribution in [2.45, 2.75) is 57.4 Å². The molecule has 1 aliphatic carbocycles. The molecule has 1 aromatic heterocycles. The van der Waals surface area contributed by atoms with Gasteiger partial charge in [-0.25, -0.2) is 0 Å². The molecule has 1 saturated carbocycles. The van der Waals surface area contributed by atoms with Crippen molar-refractivity contribution >= 4 is 5.91 Å². The van der Waals surface area contributed by atoms with E-state index >= 15 is 0 Å². The number of carbonyl (C=O) groups is 1. The van der Waals surface area contributed by atoms with Crippen LogP contribution in [0.2, 0.25) is 0 Å². The highest BCUT2D eigenvalue weighted by Crippen LogP contribution is 2.30. The van der Waals surface area contributed by atoms with Gasteiger partial charge in [0.25, 0.3) is 0 Å². The molecule has 0 spiro atoms. The van der Waals surface area contributed by atoms with Crippen molar-refractivity contribution in [1.29, 1.82) is 0 Å². The summed E-state index contributed by atoms with van der Waals surface area (Å²) in [5.41, 5.74) is 0. The van der Waals surface area contributed by atoms with Gasteiger partial charge in [-0.05, 0) is 25.7 Å². The number of hydrogen-bond acceptors (Lipinski definition) is 5. The molecule has 0 bridgehead atoms. The molecular weight excluding hydrogens is 342 g/mol. The maximum absolute atomic E-state index is 12.9. The van der Waals surface area contributed by atoms with Gasteiger partial charge in [0.1, 0.15) is 11.6 Å². The van der Waals surface area contributed by atoms with Crippen LogP contribution in [0.3, 0.4) is 0 Å². The van der Waals surface area contributed by atoms with E-state index in [1.807, 2.05) is 0 Å². The molecule has 1 atom stereocenters. The molecule has 0 radical (unpaired) electrons. The third kappa shape index (κ3) is 4.35. The molecule has 2 aliphatic heterocycles. The van der Waals surface area contributed by atoms with Crippen LogP contribution in [-0.2, 0) is 23.1 Å². The summed E-state index contributed by atoms with van der Waals surface area (Å²) in [6.45, 7) is 6.04. The van der Waals surface area contributed by atoms with Gasteiger partial charge < -0.3 is 14.2 Å². The smallest absolute Gasteiger partial charge is 0.225 e. The quantitative estimate of drug-likeness (QED) is 0.805. The van der Waals surface area contributed by atoms with Gasteiger partial charge in [-0.3, -0.25) is 9.69 Å². The summed E-state index contributed by atoms with van der Waals surface area (Å²) < 4.78 is 7.59. The van der Waals surface area contributed by atoms with Crippen LogP contribution in [0, 0.1) is 5.92 Å². The number of nitrogens with zero attached hydrogens (tertiary/aromatic N) is 5. The van der Waals surface area contributed by atoms with Crippen LogP contribution in [0.25, 0.3) is 0 Å². The number of aromatic nitrogens is 3. The summed E-state index contributed by atoms with van der Waals surface area (Å²) in [5.74, 6) is 3.01. The Labute approximate surface area is 162 Å². The second-order valence-electron chi connectivity index (χ2n) is 8.38. The monoisotopic (exact) mass is 375 g/mol. The SMILES string of the molecule is Cn1c(CN2CCOCC2)nnc1[C@@H]1CCCN(C(=O)C2CCCCC2)C1. The molecule has 0 aromatic carbocycles. The van der Waals surface area contributed by atoms with Crippen LogP contribution < -0.4 is 0 Å². The lowest BCUT2D eigenvalue weighted by Crippen LogP contribution is -2.43. The Kier molecular flexibility index (Phi) is 6.08. The maximum Gasteiger partial charge on any atom is 0.225 e. The molecule has 150 valence electrons. The predicted molar refractivity (Wildman–Crippen MR) is 102 cm³/mol. The molecule has 3 fully saturated rings. The van der Waals surface area contributed by atoms with E-state index in [0.717, 1.165) is 83.3 Å². The second kappa shape index (κ2) is 8.69. The molecule has 0 N–H and O–H groups in total. The van der Waals surface area contributed by atoms with Gasteiger partial charge in [-0.1, -0.05) is 19.3 Å². The number of carbonyl (C=O) groups excluding carboxylic acids is 1. The molecule has 4 rings (SSSR count). The topological polar surface area (TPSA) is 63.5 Å². The highest BCUT2D eigenvalue weighted by atomic mass is 16.5. The largest absolute Gasteiger partial charge is 0.379 e. The molecule has 7 nitrogen and oxygen atoms in total. The van der Waals surface area contributed by atoms with E-state index in [2.05, 4.69) is 31.6 Å². The first kappa shape index (κ1) is 18.9. The van der Waals surface area contributed by atoms with E-state index in [9.17, 15) is 4.79 Å². The minimum Gasteiger partial charge on any atom is -0.379 e. The minimum absolute atomic E-state index is 0.258. The van der Waals surface area contributed by atoms with Gasteiger partial charge in [0.05, 0.1) is 19.8 Å². The summed E-state index contributed by atoms with van der Waals surface area (Å²) >= 11 is 0. The molecular formula is C20H33N5O2. The number of amides is 1. The lowest BCUT2D eigenvalue weighted by Gasteiger charge is -2.35. The van der Waals surface area contributed by atoms with Crippen LogP contribution in [0.4, 0.5) is 0 Å². The number of rotatable bonds is 4. The van der Waals surface area contributed by atoms with E-state index in [0.29, 0.717) is 11.8 Å². The first-order valence-corrected chi connectivity index (χ1v) is 10.7. The van der Waals surface area contributed by atoms with Crippen LogP contribution in [0.5, 0.6) is 0 Å². The third-order valence-electron chi connectivity index (χ3n) is 6.52. The Balaban J connectivity index is 1.39. The van der Waals surface area contributed by atoms with Gasteiger partial charge >= 0.3 is 0 Å². The third-order valence-corrected chi connectivity index (χ3v) is 6.52. The second-order valence-corrected chi connectivity index (χ2v) is 8.38. The summed E-state index contributed by atoms with van der Waals surface area (Å²) in [7, 11) is 2.08. The zero-order valence-corrected chi connectivity index (χ0v) is 16.6. The van der Waals surface area contributed by atoms with Crippen molar-refractivity contribution < 1.29 is 9.53 Å². The summed E-state index contributed by atoms with van der Waals surface area (Å²) in [4.78, 5) is 17.4. The molecule has 27 heavy (non-hydrogen) atoms.